The van der Waals surface area contributed by atoms with Crippen molar-refractivity contribution >= 4 is 56.1 Å². The lowest BCUT2D eigenvalue weighted by Crippen LogP contribution is -2.22. The third-order valence-electron chi connectivity index (χ3n) is 5.80. The lowest BCUT2D eigenvalue weighted by Gasteiger charge is -2.33. The van der Waals surface area contributed by atoms with E-state index in [-0.39, 0.29) is 0 Å². The van der Waals surface area contributed by atoms with Gasteiger partial charge in [0.25, 0.3) is 0 Å². The maximum Gasteiger partial charge on any atom is 0.151 e. The van der Waals surface area contributed by atoms with Gasteiger partial charge in [0, 0.05) is 16.6 Å². The number of halogens is 2. The van der Waals surface area contributed by atoms with Crippen LogP contribution in [-0.4, -0.2) is 6.54 Å². The highest BCUT2D eigenvalue weighted by Gasteiger charge is 2.25. The summed E-state index contributed by atoms with van der Waals surface area (Å²) < 4.78 is 6.40. The highest BCUT2D eigenvalue weighted by molar-refractivity contribution is 6.31. The summed E-state index contributed by atoms with van der Waals surface area (Å²) in [5.74, 6) is 1.78. The Labute approximate surface area is 187 Å². The summed E-state index contributed by atoms with van der Waals surface area (Å²) in [6, 6.07) is 20.6. The van der Waals surface area contributed by atoms with Crippen molar-refractivity contribution in [1.29, 1.82) is 0 Å². The van der Waals surface area contributed by atoms with Crippen LogP contribution in [0.1, 0.15) is 32.6 Å². The number of fused-ring (bicyclic) bond motifs is 4. The molecule has 30 heavy (non-hydrogen) atoms. The molecule has 4 aromatic carbocycles. The fourth-order valence-electron chi connectivity index (χ4n) is 4.24. The molecule has 0 atom stereocenters. The van der Waals surface area contributed by atoms with Crippen molar-refractivity contribution in [2.24, 2.45) is 0 Å². The van der Waals surface area contributed by atoms with Crippen LogP contribution >= 0.6 is 23.2 Å². The second-order valence-electron chi connectivity index (χ2n) is 7.94. The van der Waals surface area contributed by atoms with Gasteiger partial charge in [0.05, 0.1) is 11.4 Å². The van der Waals surface area contributed by atoms with E-state index in [4.69, 9.17) is 27.9 Å². The Kier molecular flexibility index (Phi) is 5.22. The first-order valence-corrected chi connectivity index (χ1v) is 11.3. The van der Waals surface area contributed by atoms with Crippen LogP contribution in [0.5, 0.6) is 11.5 Å². The molecule has 4 aromatic rings. The molecule has 0 aromatic heterocycles. The third-order valence-corrected chi connectivity index (χ3v) is 6.27. The van der Waals surface area contributed by atoms with Crippen molar-refractivity contribution < 1.29 is 4.74 Å². The van der Waals surface area contributed by atoms with E-state index in [1.807, 2.05) is 36.4 Å². The summed E-state index contributed by atoms with van der Waals surface area (Å²) in [5.41, 5.74) is 2.19. The van der Waals surface area contributed by atoms with Gasteiger partial charge in [-0.1, -0.05) is 61.5 Å². The van der Waals surface area contributed by atoms with Gasteiger partial charge in [-0.2, -0.15) is 0 Å². The molecule has 2 nitrogen and oxygen atoms in total. The zero-order chi connectivity index (χ0) is 20.7. The minimum atomic E-state index is 0.745. The number of anilines is 2. The molecular weight excluding hydrogens is 413 g/mol. The SMILES string of the molecule is CCCCCCN1c2cc3cc(Cl)ccc3cc2Oc2cc3ccc(Cl)cc3cc21. The summed E-state index contributed by atoms with van der Waals surface area (Å²) in [6.45, 7) is 3.19. The molecule has 0 saturated heterocycles. The standard InChI is InChI=1S/C26H23Cl2NO/c1-2-3-4-5-10-29-23-13-19-11-21(27)8-6-17(19)15-25(23)30-26-16-18-7-9-22(28)12-20(18)14-24(26)29/h6-9,11-16H,2-5,10H2,1H3. The van der Waals surface area contributed by atoms with Gasteiger partial charge in [0.1, 0.15) is 0 Å². The van der Waals surface area contributed by atoms with Gasteiger partial charge < -0.3 is 9.64 Å². The molecule has 0 saturated carbocycles. The summed E-state index contributed by atoms with van der Waals surface area (Å²) in [6.07, 6.45) is 4.83. The van der Waals surface area contributed by atoms with Crippen molar-refractivity contribution in [2.75, 3.05) is 11.4 Å². The molecule has 1 aliphatic heterocycles. The normalized spacial score (nSPS) is 12.7. The highest BCUT2D eigenvalue weighted by atomic mass is 35.5. The van der Waals surface area contributed by atoms with E-state index in [2.05, 4.69) is 36.1 Å². The van der Waals surface area contributed by atoms with Gasteiger partial charge >= 0.3 is 0 Å². The minimum Gasteiger partial charge on any atom is -0.453 e. The smallest absolute Gasteiger partial charge is 0.151 e. The summed E-state index contributed by atoms with van der Waals surface area (Å²) in [4.78, 5) is 2.39. The Hall–Kier alpha value is -2.42. The van der Waals surface area contributed by atoms with Gasteiger partial charge in [-0.15, -0.1) is 0 Å². The van der Waals surface area contributed by atoms with E-state index >= 15 is 0 Å². The molecule has 152 valence electrons. The molecule has 5 rings (SSSR count). The first-order valence-electron chi connectivity index (χ1n) is 10.5. The number of ether oxygens (including phenoxy) is 1. The van der Waals surface area contributed by atoms with Crippen LogP contribution in [0.4, 0.5) is 11.4 Å². The molecular formula is C26H23Cl2NO. The van der Waals surface area contributed by atoms with Crippen molar-refractivity contribution in [2.45, 2.75) is 32.6 Å². The predicted octanol–water partition coefficient (Wildman–Crippen LogP) is 9.12. The van der Waals surface area contributed by atoms with Gasteiger partial charge in [0.15, 0.2) is 11.5 Å². The van der Waals surface area contributed by atoms with Crippen molar-refractivity contribution in [3.63, 3.8) is 0 Å². The average Bonchev–Trinajstić information content (AvgIpc) is 2.73. The lowest BCUT2D eigenvalue weighted by atomic mass is 10.0. The summed E-state index contributed by atoms with van der Waals surface area (Å²) in [7, 11) is 0. The maximum atomic E-state index is 6.40. The number of hydrogen-bond donors (Lipinski definition) is 0. The Morgan fingerprint density at radius 1 is 0.667 bits per heavy atom. The number of nitrogens with zero attached hydrogens (tertiary/aromatic N) is 1. The van der Waals surface area contributed by atoms with Crippen LogP contribution in [0.15, 0.2) is 60.7 Å². The summed E-state index contributed by atoms with van der Waals surface area (Å²) in [5, 5.41) is 5.98. The molecule has 0 unspecified atom stereocenters. The van der Waals surface area contributed by atoms with Crippen LogP contribution in [-0.2, 0) is 0 Å². The first kappa shape index (κ1) is 19.5. The molecule has 0 amide bonds. The third kappa shape index (κ3) is 3.59. The Morgan fingerprint density at radius 2 is 1.23 bits per heavy atom. The van der Waals surface area contributed by atoms with Gasteiger partial charge in [-0.05, 0) is 76.5 Å². The molecule has 0 aliphatic carbocycles. The Bertz CT molecular complexity index is 1160. The second kappa shape index (κ2) is 8.02. The second-order valence-corrected chi connectivity index (χ2v) is 8.81. The van der Waals surface area contributed by atoms with E-state index in [0.717, 1.165) is 67.4 Å². The van der Waals surface area contributed by atoms with E-state index in [1.54, 1.807) is 0 Å². The van der Waals surface area contributed by atoms with E-state index in [1.165, 1.54) is 19.3 Å². The van der Waals surface area contributed by atoms with Crippen LogP contribution in [0.3, 0.4) is 0 Å². The molecule has 1 aliphatic rings. The van der Waals surface area contributed by atoms with Gasteiger partial charge in [-0.25, -0.2) is 0 Å². The number of rotatable bonds is 5. The number of hydrogen-bond acceptors (Lipinski definition) is 2. The monoisotopic (exact) mass is 435 g/mol. The molecule has 0 bridgehead atoms. The number of unbranched alkanes of at least 4 members (excludes halogenated alkanes) is 3. The van der Waals surface area contributed by atoms with Gasteiger partial charge in [-0.3, -0.25) is 0 Å². The molecule has 0 fully saturated rings. The quantitative estimate of drug-likeness (QED) is 0.289. The van der Waals surface area contributed by atoms with Crippen LogP contribution in [0.2, 0.25) is 10.0 Å². The minimum absolute atomic E-state index is 0.745. The van der Waals surface area contributed by atoms with Crippen molar-refractivity contribution in [3.05, 3.63) is 70.7 Å². The van der Waals surface area contributed by atoms with Crippen molar-refractivity contribution in [3.8, 4) is 11.5 Å². The molecule has 0 radical (unpaired) electrons. The van der Waals surface area contributed by atoms with E-state index in [0.29, 0.717) is 0 Å². The topological polar surface area (TPSA) is 12.5 Å². The fraction of sp³-hybridized carbons (Fsp3) is 0.231. The van der Waals surface area contributed by atoms with E-state index in [9.17, 15) is 0 Å². The lowest BCUT2D eigenvalue weighted by molar-refractivity contribution is 0.473. The summed E-state index contributed by atoms with van der Waals surface area (Å²) >= 11 is 12.5. The Morgan fingerprint density at radius 3 is 1.77 bits per heavy atom. The van der Waals surface area contributed by atoms with E-state index < -0.39 is 0 Å². The van der Waals surface area contributed by atoms with Crippen LogP contribution in [0.25, 0.3) is 21.5 Å². The highest BCUT2D eigenvalue weighted by Crippen LogP contribution is 2.49. The first-order chi connectivity index (χ1) is 14.6. The van der Waals surface area contributed by atoms with Gasteiger partial charge in [0.2, 0.25) is 0 Å². The maximum absolute atomic E-state index is 6.40. The zero-order valence-electron chi connectivity index (χ0n) is 16.9. The predicted molar refractivity (Wildman–Crippen MR) is 129 cm³/mol. The molecule has 0 spiro atoms. The Balaban J connectivity index is 1.65. The zero-order valence-corrected chi connectivity index (χ0v) is 18.4. The largest absolute Gasteiger partial charge is 0.453 e. The number of benzene rings is 4. The average molecular weight is 436 g/mol. The van der Waals surface area contributed by atoms with Crippen molar-refractivity contribution in [1.82, 2.24) is 0 Å². The molecule has 1 heterocycles. The fourth-order valence-corrected chi connectivity index (χ4v) is 4.60. The van der Waals surface area contributed by atoms with Crippen LogP contribution in [0, 0.1) is 0 Å². The molecule has 0 N–H and O–H groups in total. The molecule has 4 heteroatoms. The van der Waals surface area contributed by atoms with Crippen LogP contribution < -0.4 is 9.64 Å².